The van der Waals surface area contributed by atoms with Gasteiger partial charge in [-0.3, -0.25) is 4.99 Å². The van der Waals surface area contributed by atoms with Crippen LogP contribution in [0.3, 0.4) is 0 Å². The number of esters is 1. The van der Waals surface area contributed by atoms with Crippen LogP contribution in [0.1, 0.15) is 15.2 Å². The number of halogens is 1. The van der Waals surface area contributed by atoms with Crippen molar-refractivity contribution in [3.63, 3.8) is 0 Å². The molecule has 0 unspecified atom stereocenters. The van der Waals surface area contributed by atoms with Crippen molar-refractivity contribution in [1.29, 1.82) is 0 Å². The molecule has 132 valence electrons. The van der Waals surface area contributed by atoms with E-state index >= 15 is 0 Å². The number of rotatable bonds is 4. The number of benzene rings is 3. The molecule has 0 aliphatic heterocycles. The van der Waals surface area contributed by atoms with Crippen LogP contribution >= 0.6 is 22.9 Å². The van der Waals surface area contributed by atoms with E-state index in [4.69, 9.17) is 16.3 Å². The summed E-state index contributed by atoms with van der Waals surface area (Å²) in [5.41, 5.74) is 1.70. The van der Waals surface area contributed by atoms with E-state index in [1.54, 1.807) is 18.3 Å². The predicted molar refractivity (Wildman–Crippen MR) is 112 cm³/mol. The van der Waals surface area contributed by atoms with E-state index in [2.05, 4.69) is 4.99 Å². The molecular weight excluding hydrogens is 378 g/mol. The standard InChI is InChI=1S/C22H14ClNO2S/c23-20-18-11-4-5-12-19(18)27-21(20)22(25)26-17-10-6-7-15(13-17)14-24-16-8-2-1-3-9-16/h1-14H. The maximum atomic E-state index is 12.6. The Balaban J connectivity index is 1.54. The number of ether oxygens (including phenoxy) is 1. The maximum absolute atomic E-state index is 12.6. The normalized spacial score (nSPS) is 11.1. The summed E-state index contributed by atoms with van der Waals surface area (Å²) < 4.78 is 6.49. The van der Waals surface area contributed by atoms with E-state index in [0.29, 0.717) is 15.6 Å². The van der Waals surface area contributed by atoms with Crippen LogP contribution in [0.15, 0.2) is 83.9 Å². The zero-order valence-electron chi connectivity index (χ0n) is 14.1. The molecule has 4 aromatic rings. The van der Waals surface area contributed by atoms with Gasteiger partial charge >= 0.3 is 5.97 Å². The summed E-state index contributed by atoms with van der Waals surface area (Å²) in [4.78, 5) is 17.4. The average molecular weight is 392 g/mol. The molecule has 0 N–H and O–H groups in total. The third-order valence-electron chi connectivity index (χ3n) is 3.91. The number of thiophene rings is 1. The first-order chi connectivity index (χ1) is 13.2. The molecule has 0 amide bonds. The summed E-state index contributed by atoms with van der Waals surface area (Å²) in [6.45, 7) is 0. The number of nitrogens with zero attached hydrogens (tertiary/aromatic N) is 1. The number of hydrogen-bond donors (Lipinski definition) is 0. The Labute approximate surface area is 165 Å². The lowest BCUT2D eigenvalue weighted by atomic mass is 10.2. The summed E-state index contributed by atoms with van der Waals surface area (Å²) in [7, 11) is 0. The van der Waals surface area contributed by atoms with Gasteiger partial charge in [-0.2, -0.15) is 0 Å². The molecule has 3 nitrogen and oxygen atoms in total. The number of aliphatic imine (C=N–C) groups is 1. The Hall–Kier alpha value is -2.95. The second-order valence-corrected chi connectivity index (χ2v) is 7.23. The van der Waals surface area contributed by atoms with Gasteiger partial charge in [0, 0.05) is 16.3 Å². The number of carbonyl (C=O) groups excluding carboxylic acids is 1. The Kier molecular flexibility index (Phi) is 5.01. The number of fused-ring (bicyclic) bond motifs is 1. The van der Waals surface area contributed by atoms with Gasteiger partial charge < -0.3 is 4.74 Å². The molecule has 1 heterocycles. The Morgan fingerprint density at radius 2 is 1.74 bits per heavy atom. The molecule has 3 aromatic carbocycles. The maximum Gasteiger partial charge on any atom is 0.355 e. The fourth-order valence-electron chi connectivity index (χ4n) is 2.62. The largest absolute Gasteiger partial charge is 0.422 e. The van der Waals surface area contributed by atoms with Crippen molar-refractivity contribution < 1.29 is 9.53 Å². The molecule has 0 fully saturated rings. The summed E-state index contributed by atoms with van der Waals surface area (Å²) in [6, 6.07) is 24.5. The molecule has 5 heteroatoms. The van der Waals surface area contributed by atoms with Crippen LogP contribution in [0.2, 0.25) is 5.02 Å². The smallest absolute Gasteiger partial charge is 0.355 e. The lowest BCUT2D eigenvalue weighted by Crippen LogP contribution is -2.07. The van der Waals surface area contributed by atoms with Crippen LogP contribution < -0.4 is 4.74 Å². The first kappa shape index (κ1) is 17.5. The van der Waals surface area contributed by atoms with Crippen molar-refractivity contribution in [3.05, 3.63) is 94.3 Å². The van der Waals surface area contributed by atoms with Crippen LogP contribution in [0, 0.1) is 0 Å². The molecule has 0 bridgehead atoms. The van der Waals surface area contributed by atoms with E-state index in [1.807, 2.05) is 66.7 Å². The van der Waals surface area contributed by atoms with Gasteiger partial charge in [0.2, 0.25) is 0 Å². The third-order valence-corrected chi connectivity index (χ3v) is 5.56. The summed E-state index contributed by atoms with van der Waals surface area (Å²) >= 11 is 7.69. The van der Waals surface area contributed by atoms with E-state index < -0.39 is 5.97 Å². The zero-order chi connectivity index (χ0) is 18.6. The van der Waals surface area contributed by atoms with Gasteiger partial charge in [-0.1, -0.05) is 60.1 Å². The summed E-state index contributed by atoms with van der Waals surface area (Å²) in [6.07, 6.45) is 1.74. The fourth-order valence-corrected chi connectivity index (χ4v) is 4.01. The molecule has 1 aromatic heterocycles. The van der Waals surface area contributed by atoms with Crippen molar-refractivity contribution >= 4 is 50.9 Å². The fraction of sp³-hybridized carbons (Fsp3) is 0. The highest BCUT2D eigenvalue weighted by atomic mass is 35.5. The molecule has 0 atom stereocenters. The summed E-state index contributed by atoms with van der Waals surface area (Å²) in [5, 5.41) is 1.29. The van der Waals surface area contributed by atoms with Crippen LogP contribution in [0.4, 0.5) is 5.69 Å². The summed E-state index contributed by atoms with van der Waals surface area (Å²) in [5.74, 6) is -0.0103. The lowest BCUT2D eigenvalue weighted by Gasteiger charge is -2.04. The number of para-hydroxylation sites is 1. The average Bonchev–Trinajstić information content (AvgIpc) is 3.05. The van der Waals surface area contributed by atoms with Gasteiger partial charge in [0.25, 0.3) is 0 Å². The minimum absolute atomic E-state index is 0.404. The number of carbonyl (C=O) groups is 1. The molecule has 0 spiro atoms. The molecule has 4 rings (SSSR count). The molecule has 0 saturated heterocycles. The second kappa shape index (κ2) is 7.74. The highest BCUT2D eigenvalue weighted by Crippen LogP contribution is 2.35. The molecular formula is C22H14ClNO2S. The van der Waals surface area contributed by atoms with Crippen LogP contribution in [-0.4, -0.2) is 12.2 Å². The minimum Gasteiger partial charge on any atom is -0.422 e. The molecule has 0 radical (unpaired) electrons. The Morgan fingerprint density at radius 1 is 0.963 bits per heavy atom. The van der Waals surface area contributed by atoms with Crippen molar-refractivity contribution in [2.24, 2.45) is 4.99 Å². The van der Waals surface area contributed by atoms with E-state index in [9.17, 15) is 4.79 Å². The SMILES string of the molecule is O=C(Oc1cccc(C=Nc2ccccc2)c1)c1sc2ccccc2c1Cl. The van der Waals surface area contributed by atoms with Gasteiger partial charge in [0.05, 0.1) is 10.7 Å². The van der Waals surface area contributed by atoms with Crippen LogP contribution in [-0.2, 0) is 0 Å². The molecule has 0 aliphatic carbocycles. The molecule has 27 heavy (non-hydrogen) atoms. The Morgan fingerprint density at radius 3 is 2.56 bits per heavy atom. The molecule has 0 aliphatic rings. The van der Waals surface area contributed by atoms with Crippen molar-refractivity contribution in [2.45, 2.75) is 0 Å². The zero-order valence-corrected chi connectivity index (χ0v) is 15.7. The Bertz CT molecular complexity index is 1140. The van der Waals surface area contributed by atoms with E-state index in [1.165, 1.54) is 11.3 Å². The highest BCUT2D eigenvalue weighted by Gasteiger charge is 2.18. The van der Waals surface area contributed by atoms with Gasteiger partial charge in [0.1, 0.15) is 10.6 Å². The third kappa shape index (κ3) is 3.92. The van der Waals surface area contributed by atoms with E-state index in [-0.39, 0.29) is 0 Å². The minimum atomic E-state index is -0.460. The van der Waals surface area contributed by atoms with Gasteiger partial charge in [0.15, 0.2) is 0 Å². The first-order valence-corrected chi connectivity index (χ1v) is 9.48. The lowest BCUT2D eigenvalue weighted by molar-refractivity contribution is 0.0740. The van der Waals surface area contributed by atoms with Gasteiger partial charge in [-0.15, -0.1) is 11.3 Å². The second-order valence-electron chi connectivity index (χ2n) is 5.80. The highest BCUT2D eigenvalue weighted by molar-refractivity contribution is 7.21. The van der Waals surface area contributed by atoms with Gasteiger partial charge in [-0.25, -0.2) is 4.79 Å². The number of hydrogen-bond acceptors (Lipinski definition) is 4. The topological polar surface area (TPSA) is 38.7 Å². The van der Waals surface area contributed by atoms with Crippen molar-refractivity contribution in [2.75, 3.05) is 0 Å². The predicted octanol–water partition coefficient (Wildman–Crippen LogP) is 6.52. The van der Waals surface area contributed by atoms with Crippen LogP contribution in [0.5, 0.6) is 5.75 Å². The monoisotopic (exact) mass is 391 g/mol. The van der Waals surface area contributed by atoms with Crippen LogP contribution in [0.25, 0.3) is 10.1 Å². The first-order valence-electron chi connectivity index (χ1n) is 8.29. The van der Waals surface area contributed by atoms with E-state index in [0.717, 1.165) is 21.3 Å². The van der Waals surface area contributed by atoms with Crippen molar-refractivity contribution in [3.8, 4) is 5.75 Å². The molecule has 0 saturated carbocycles. The van der Waals surface area contributed by atoms with Gasteiger partial charge in [-0.05, 0) is 35.9 Å². The quantitative estimate of drug-likeness (QED) is 0.225. The van der Waals surface area contributed by atoms with Crippen molar-refractivity contribution in [1.82, 2.24) is 0 Å².